The van der Waals surface area contributed by atoms with Gasteiger partial charge in [0.15, 0.2) is 0 Å². The monoisotopic (exact) mass is 223 g/mol. The van der Waals surface area contributed by atoms with Crippen molar-refractivity contribution in [3.8, 4) is 0 Å². The van der Waals surface area contributed by atoms with Gasteiger partial charge in [-0.3, -0.25) is 10.1 Å². The first-order chi connectivity index (χ1) is 7.67. The Labute approximate surface area is 95.8 Å². The maximum absolute atomic E-state index is 10.6. The van der Waals surface area contributed by atoms with Crippen molar-refractivity contribution in [2.45, 2.75) is 39.3 Å². The van der Waals surface area contributed by atoms with E-state index in [0.717, 1.165) is 24.9 Å². The average Bonchev–Trinajstić information content (AvgIpc) is 2.31. The van der Waals surface area contributed by atoms with Crippen LogP contribution >= 0.6 is 0 Å². The Kier molecular flexibility index (Phi) is 4.92. The van der Waals surface area contributed by atoms with Crippen LogP contribution in [0.3, 0.4) is 0 Å². The van der Waals surface area contributed by atoms with E-state index in [4.69, 9.17) is 0 Å². The van der Waals surface area contributed by atoms with Gasteiger partial charge >= 0.3 is 0 Å². The zero-order chi connectivity index (χ0) is 12.0. The maximum Gasteiger partial charge on any atom is 0.269 e. The molecule has 0 amide bonds. The first-order valence-electron chi connectivity index (χ1n) is 5.74. The van der Waals surface area contributed by atoms with Crippen molar-refractivity contribution < 1.29 is 10.2 Å². The summed E-state index contributed by atoms with van der Waals surface area (Å²) in [6.07, 6.45) is 2.26. The Hall–Kier alpha value is -1.42. The number of non-ortho nitro benzene ring substituents is 1. The summed E-state index contributed by atoms with van der Waals surface area (Å²) in [5.41, 5.74) is 1.19. The van der Waals surface area contributed by atoms with Gasteiger partial charge in [0.25, 0.3) is 5.69 Å². The van der Waals surface area contributed by atoms with Gasteiger partial charge in [-0.2, -0.15) is 0 Å². The topological polar surface area (TPSA) is 59.8 Å². The first kappa shape index (κ1) is 12.6. The molecule has 0 saturated heterocycles. The molecule has 0 spiro atoms. The van der Waals surface area contributed by atoms with Gasteiger partial charge in [0.05, 0.1) is 11.0 Å². The third kappa shape index (κ3) is 3.62. The van der Waals surface area contributed by atoms with E-state index in [0.29, 0.717) is 6.04 Å². The van der Waals surface area contributed by atoms with E-state index >= 15 is 0 Å². The zero-order valence-corrected chi connectivity index (χ0v) is 9.85. The summed E-state index contributed by atoms with van der Waals surface area (Å²) >= 11 is 0. The molecule has 0 bridgehead atoms. The summed E-state index contributed by atoms with van der Waals surface area (Å²) < 4.78 is 0. The molecule has 0 aliphatic carbocycles. The van der Waals surface area contributed by atoms with Crippen LogP contribution in [0.4, 0.5) is 5.69 Å². The molecule has 0 radical (unpaired) electrons. The molecule has 0 heterocycles. The lowest BCUT2D eigenvalue weighted by molar-refractivity contribution is -0.705. The van der Waals surface area contributed by atoms with E-state index in [1.165, 1.54) is 6.07 Å². The van der Waals surface area contributed by atoms with Gasteiger partial charge in [0.1, 0.15) is 6.54 Å². The maximum atomic E-state index is 10.6. The number of quaternary nitrogens is 1. The minimum absolute atomic E-state index is 0.176. The predicted molar refractivity (Wildman–Crippen MR) is 63.1 cm³/mol. The van der Waals surface area contributed by atoms with E-state index < -0.39 is 0 Å². The molecule has 4 nitrogen and oxygen atoms in total. The molecule has 0 aliphatic heterocycles. The molecule has 0 aromatic heterocycles. The highest BCUT2D eigenvalue weighted by molar-refractivity contribution is 5.33. The van der Waals surface area contributed by atoms with Crippen LogP contribution in [0.25, 0.3) is 0 Å². The lowest BCUT2D eigenvalue weighted by Gasteiger charge is -2.10. The highest BCUT2D eigenvalue weighted by Crippen LogP contribution is 2.12. The normalized spacial score (nSPS) is 10.7. The second-order valence-corrected chi connectivity index (χ2v) is 3.94. The molecule has 88 valence electrons. The fourth-order valence-electron chi connectivity index (χ4n) is 1.72. The van der Waals surface area contributed by atoms with Gasteiger partial charge in [-0.1, -0.05) is 26.0 Å². The van der Waals surface area contributed by atoms with Crippen molar-refractivity contribution in [2.24, 2.45) is 0 Å². The highest BCUT2D eigenvalue weighted by Gasteiger charge is 2.09. The minimum Gasteiger partial charge on any atom is -0.340 e. The third-order valence-corrected chi connectivity index (χ3v) is 2.86. The quantitative estimate of drug-likeness (QED) is 0.591. The van der Waals surface area contributed by atoms with Crippen molar-refractivity contribution in [1.82, 2.24) is 0 Å². The van der Waals surface area contributed by atoms with Crippen LogP contribution in [0.1, 0.15) is 32.3 Å². The van der Waals surface area contributed by atoms with E-state index in [1.807, 2.05) is 6.07 Å². The van der Waals surface area contributed by atoms with Crippen molar-refractivity contribution in [1.29, 1.82) is 0 Å². The molecule has 0 fully saturated rings. The summed E-state index contributed by atoms with van der Waals surface area (Å²) in [4.78, 5) is 10.3. The van der Waals surface area contributed by atoms with E-state index in [-0.39, 0.29) is 10.6 Å². The van der Waals surface area contributed by atoms with Crippen LogP contribution in [0.5, 0.6) is 0 Å². The predicted octanol–water partition coefficient (Wildman–Crippen LogP) is 1.85. The minimum atomic E-state index is -0.347. The summed E-state index contributed by atoms with van der Waals surface area (Å²) in [7, 11) is 0. The van der Waals surface area contributed by atoms with Gasteiger partial charge in [-0.25, -0.2) is 0 Å². The molecule has 2 N–H and O–H groups in total. The van der Waals surface area contributed by atoms with Crippen LogP contribution in [0, 0.1) is 10.1 Å². The second-order valence-electron chi connectivity index (χ2n) is 3.94. The molecule has 0 unspecified atom stereocenters. The molecule has 1 aromatic rings. The van der Waals surface area contributed by atoms with Gasteiger partial charge < -0.3 is 5.32 Å². The number of nitrogens with zero attached hydrogens (tertiary/aromatic N) is 1. The molecular weight excluding hydrogens is 204 g/mol. The van der Waals surface area contributed by atoms with E-state index in [1.54, 1.807) is 12.1 Å². The first-order valence-corrected chi connectivity index (χ1v) is 5.74. The molecule has 0 aliphatic rings. The van der Waals surface area contributed by atoms with Crippen LogP contribution in [0.15, 0.2) is 24.3 Å². The van der Waals surface area contributed by atoms with Crippen LogP contribution in [-0.4, -0.2) is 11.0 Å². The molecule has 0 atom stereocenters. The highest BCUT2D eigenvalue weighted by atomic mass is 16.6. The van der Waals surface area contributed by atoms with Crippen molar-refractivity contribution in [3.63, 3.8) is 0 Å². The van der Waals surface area contributed by atoms with E-state index in [9.17, 15) is 10.1 Å². The fourth-order valence-corrected chi connectivity index (χ4v) is 1.72. The van der Waals surface area contributed by atoms with Crippen molar-refractivity contribution in [2.75, 3.05) is 0 Å². The van der Waals surface area contributed by atoms with Gasteiger partial charge in [-0.15, -0.1) is 0 Å². The third-order valence-electron chi connectivity index (χ3n) is 2.86. The number of benzene rings is 1. The fraction of sp³-hybridized carbons (Fsp3) is 0.500. The summed E-state index contributed by atoms with van der Waals surface area (Å²) in [5, 5.41) is 12.8. The van der Waals surface area contributed by atoms with Gasteiger partial charge in [-0.05, 0) is 12.8 Å². The number of rotatable bonds is 6. The zero-order valence-electron chi connectivity index (χ0n) is 9.85. The number of nitro benzene ring substituents is 1. The SMILES string of the molecule is CCC(CC)[NH2+]Cc1cccc([N+](=O)[O-])c1. The number of hydrogen-bond acceptors (Lipinski definition) is 2. The van der Waals surface area contributed by atoms with Crippen molar-refractivity contribution in [3.05, 3.63) is 39.9 Å². The van der Waals surface area contributed by atoms with E-state index in [2.05, 4.69) is 19.2 Å². The largest absolute Gasteiger partial charge is 0.340 e. The Morgan fingerprint density at radius 3 is 2.62 bits per heavy atom. The smallest absolute Gasteiger partial charge is 0.269 e. The van der Waals surface area contributed by atoms with Crippen LogP contribution in [-0.2, 0) is 6.54 Å². The van der Waals surface area contributed by atoms with Crippen LogP contribution in [0.2, 0.25) is 0 Å². The summed E-state index contributed by atoms with van der Waals surface area (Å²) in [6, 6.07) is 7.47. The molecule has 1 aromatic carbocycles. The molecule has 4 heteroatoms. The van der Waals surface area contributed by atoms with Crippen molar-refractivity contribution >= 4 is 5.69 Å². The average molecular weight is 223 g/mol. The Morgan fingerprint density at radius 2 is 2.06 bits per heavy atom. The summed E-state index contributed by atoms with van der Waals surface area (Å²) in [6.45, 7) is 5.14. The lowest BCUT2D eigenvalue weighted by Crippen LogP contribution is -2.88. The van der Waals surface area contributed by atoms with Crippen LogP contribution < -0.4 is 5.32 Å². The molecule has 0 saturated carbocycles. The lowest BCUT2D eigenvalue weighted by atomic mass is 10.1. The second kappa shape index (κ2) is 6.23. The Balaban J connectivity index is 2.60. The Bertz CT molecular complexity index is 349. The number of nitro groups is 1. The Morgan fingerprint density at radius 1 is 1.38 bits per heavy atom. The molecule has 1 rings (SSSR count). The molecule has 16 heavy (non-hydrogen) atoms. The van der Waals surface area contributed by atoms with Gasteiger partial charge in [0, 0.05) is 17.7 Å². The number of hydrogen-bond donors (Lipinski definition) is 1. The van der Waals surface area contributed by atoms with Gasteiger partial charge in [0.2, 0.25) is 0 Å². The standard InChI is InChI=1S/C12H18N2O2/c1-3-11(4-2)13-9-10-6-5-7-12(8-10)14(15)16/h5-8,11,13H,3-4,9H2,1-2H3/p+1. The number of nitrogens with two attached hydrogens (primary N) is 1. The molecular formula is C12H19N2O2+. The summed E-state index contributed by atoms with van der Waals surface area (Å²) in [5.74, 6) is 0.